The van der Waals surface area contributed by atoms with Crippen LogP contribution in [0.3, 0.4) is 0 Å². The SMILES string of the molecule is CCNC(=NCC(=O)NCCOC)NC(C)COC1CCOC1. The summed E-state index contributed by atoms with van der Waals surface area (Å²) in [4.78, 5) is 15.9. The van der Waals surface area contributed by atoms with Crippen LogP contribution in [0, 0.1) is 0 Å². The molecule has 1 fully saturated rings. The van der Waals surface area contributed by atoms with E-state index in [1.807, 2.05) is 13.8 Å². The minimum absolute atomic E-state index is 0.0725. The zero-order chi connectivity index (χ0) is 16.9. The highest BCUT2D eigenvalue weighted by Crippen LogP contribution is 2.08. The highest BCUT2D eigenvalue weighted by molar-refractivity contribution is 5.85. The van der Waals surface area contributed by atoms with Gasteiger partial charge < -0.3 is 30.2 Å². The fraction of sp³-hybridized carbons (Fsp3) is 0.867. The Morgan fingerprint density at radius 3 is 2.91 bits per heavy atom. The van der Waals surface area contributed by atoms with Gasteiger partial charge in [0, 0.05) is 32.8 Å². The van der Waals surface area contributed by atoms with E-state index in [0.717, 1.165) is 19.6 Å². The minimum Gasteiger partial charge on any atom is -0.383 e. The summed E-state index contributed by atoms with van der Waals surface area (Å²) in [7, 11) is 1.60. The summed E-state index contributed by atoms with van der Waals surface area (Å²) in [6, 6.07) is 0.0879. The van der Waals surface area contributed by atoms with Crippen molar-refractivity contribution < 1.29 is 19.0 Å². The molecule has 0 saturated carbocycles. The smallest absolute Gasteiger partial charge is 0.241 e. The van der Waals surface area contributed by atoms with Crippen LogP contribution in [0.2, 0.25) is 0 Å². The van der Waals surface area contributed by atoms with Gasteiger partial charge in [0.1, 0.15) is 6.54 Å². The molecule has 1 saturated heterocycles. The van der Waals surface area contributed by atoms with E-state index in [1.165, 1.54) is 0 Å². The third-order valence-corrected chi connectivity index (χ3v) is 3.21. The molecule has 1 rings (SSSR count). The van der Waals surface area contributed by atoms with E-state index in [1.54, 1.807) is 7.11 Å². The third-order valence-electron chi connectivity index (χ3n) is 3.21. The largest absolute Gasteiger partial charge is 0.383 e. The maximum Gasteiger partial charge on any atom is 0.241 e. The van der Waals surface area contributed by atoms with Crippen LogP contribution in [0.1, 0.15) is 20.3 Å². The van der Waals surface area contributed by atoms with Crippen molar-refractivity contribution >= 4 is 11.9 Å². The van der Waals surface area contributed by atoms with Crippen molar-refractivity contribution in [3.63, 3.8) is 0 Å². The summed E-state index contributed by atoms with van der Waals surface area (Å²) in [5, 5.41) is 9.08. The molecule has 2 unspecified atom stereocenters. The van der Waals surface area contributed by atoms with Gasteiger partial charge in [0.25, 0.3) is 0 Å². The molecule has 0 aliphatic carbocycles. The van der Waals surface area contributed by atoms with Gasteiger partial charge in [0.15, 0.2) is 5.96 Å². The van der Waals surface area contributed by atoms with E-state index in [2.05, 4.69) is 20.9 Å². The Balaban J connectivity index is 2.30. The Bertz CT molecular complexity index is 359. The average Bonchev–Trinajstić information content (AvgIpc) is 3.04. The Morgan fingerprint density at radius 1 is 1.43 bits per heavy atom. The lowest BCUT2D eigenvalue weighted by molar-refractivity contribution is -0.119. The molecule has 134 valence electrons. The molecule has 1 heterocycles. The first-order chi connectivity index (χ1) is 11.2. The molecular weight excluding hydrogens is 300 g/mol. The number of nitrogens with one attached hydrogen (secondary N) is 3. The number of carbonyl (C=O) groups excluding carboxylic acids is 1. The van der Waals surface area contributed by atoms with Crippen molar-refractivity contribution in [1.82, 2.24) is 16.0 Å². The maximum absolute atomic E-state index is 11.6. The first-order valence-corrected chi connectivity index (χ1v) is 8.15. The van der Waals surface area contributed by atoms with Gasteiger partial charge in [-0.25, -0.2) is 4.99 Å². The first-order valence-electron chi connectivity index (χ1n) is 8.15. The van der Waals surface area contributed by atoms with Crippen LogP contribution in [-0.4, -0.2) is 77.2 Å². The quantitative estimate of drug-likeness (QED) is 0.284. The lowest BCUT2D eigenvalue weighted by Crippen LogP contribution is -2.45. The fourth-order valence-electron chi connectivity index (χ4n) is 2.02. The van der Waals surface area contributed by atoms with Crippen LogP contribution >= 0.6 is 0 Å². The number of hydrogen-bond donors (Lipinski definition) is 3. The first kappa shape index (κ1) is 19.7. The molecule has 0 aromatic carbocycles. The monoisotopic (exact) mass is 330 g/mol. The summed E-state index contributed by atoms with van der Waals surface area (Å²) in [5.41, 5.74) is 0. The molecule has 23 heavy (non-hydrogen) atoms. The maximum atomic E-state index is 11.6. The molecule has 0 aromatic heterocycles. The standard InChI is InChI=1S/C15H30N4O4/c1-4-16-15(18-9-14(20)17-6-8-21-3)19-12(2)10-23-13-5-7-22-11-13/h12-13H,4-11H2,1-3H3,(H,17,20)(H2,16,18,19). The third kappa shape index (κ3) is 9.37. The molecule has 8 nitrogen and oxygen atoms in total. The second kappa shape index (κ2) is 12.1. The van der Waals surface area contributed by atoms with E-state index in [-0.39, 0.29) is 24.6 Å². The van der Waals surface area contributed by atoms with Crippen molar-refractivity contribution in [2.24, 2.45) is 4.99 Å². The van der Waals surface area contributed by atoms with Gasteiger partial charge in [-0.05, 0) is 20.3 Å². The zero-order valence-corrected chi connectivity index (χ0v) is 14.4. The molecule has 0 spiro atoms. The predicted molar refractivity (Wildman–Crippen MR) is 88.6 cm³/mol. The van der Waals surface area contributed by atoms with Gasteiger partial charge in [-0.1, -0.05) is 0 Å². The summed E-state index contributed by atoms with van der Waals surface area (Å²) in [5.74, 6) is 0.472. The van der Waals surface area contributed by atoms with Crippen molar-refractivity contribution in [3.8, 4) is 0 Å². The number of methoxy groups -OCH3 is 1. The Kier molecular flexibility index (Phi) is 10.3. The van der Waals surface area contributed by atoms with Crippen molar-refractivity contribution in [1.29, 1.82) is 0 Å². The van der Waals surface area contributed by atoms with Gasteiger partial charge in [-0.2, -0.15) is 0 Å². The average molecular weight is 330 g/mol. The Morgan fingerprint density at radius 2 is 2.26 bits per heavy atom. The number of carbonyl (C=O) groups is 1. The van der Waals surface area contributed by atoms with Gasteiger partial charge in [0.05, 0.1) is 25.9 Å². The molecule has 1 aliphatic rings. The van der Waals surface area contributed by atoms with E-state index in [4.69, 9.17) is 14.2 Å². The van der Waals surface area contributed by atoms with Crippen molar-refractivity contribution in [2.45, 2.75) is 32.4 Å². The number of nitrogens with zero attached hydrogens (tertiary/aromatic N) is 1. The van der Waals surface area contributed by atoms with E-state index < -0.39 is 0 Å². The molecule has 0 bridgehead atoms. The summed E-state index contributed by atoms with van der Waals surface area (Å²) < 4.78 is 15.9. The summed E-state index contributed by atoms with van der Waals surface area (Å²) in [6.07, 6.45) is 1.13. The highest BCUT2D eigenvalue weighted by atomic mass is 16.5. The van der Waals surface area contributed by atoms with E-state index in [0.29, 0.717) is 32.3 Å². The predicted octanol–water partition coefficient (Wildman–Crippen LogP) is -0.502. The van der Waals surface area contributed by atoms with Crippen LogP contribution in [0.5, 0.6) is 0 Å². The number of rotatable bonds is 10. The van der Waals surface area contributed by atoms with Gasteiger partial charge in [-0.15, -0.1) is 0 Å². The van der Waals surface area contributed by atoms with Gasteiger partial charge in [-0.3, -0.25) is 4.79 Å². The van der Waals surface area contributed by atoms with Gasteiger partial charge >= 0.3 is 0 Å². The summed E-state index contributed by atoms with van der Waals surface area (Å²) >= 11 is 0. The molecule has 0 radical (unpaired) electrons. The Hall–Kier alpha value is -1.38. The van der Waals surface area contributed by atoms with Crippen molar-refractivity contribution in [3.05, 3.63) is 0 Å². The number of aliphatic imine (C=N–C) groups is 1. The fourth-order valence-corrected chi connectivity index (χ4v) is 2.02. The lowest BCUT2D eigenvalue weighted by atomic mass is 10.3. The highest BCUT2D eigenvalue weighted by Gasteiger charge is 2.17. The summed E-state index contributed by atoms with van der Waals surface area (Å²) in [6.45, 7) is 7.78. The molecule has 1 amide bonds. The van der Waals surface area contributed by atoms with Crippen molar-refractivity contribution in [2.75, 3.05) is 53.2 Å². The van der Waals surface area contributed by atoms with Crippen LogP contribution in [0.25, 0.3) is 0 Å². The molecular formula is C15H30N4O4. The van der Waals surface area contributed by atoms with Gasteiger partial charge in [0.2, 0.25) is 5.91 Å². The molecule has 2 atom stereocenters. The van der Waals surface area contributed by atoms with Crippen LogP contribution in [0.4, 0.5) is 0 Å². The zero-order valence-electron chi connectivity index (χ0n) is 14.4. The number of hydrogen-bond acceptors (Lipinski definition) is 5. The lowest BCUT2D eigenvalue weighted by Gasteiger charge is -2.19. The number of amides is 1. The molecule has 8 heteroatoms. The molecule has 3 N–H and O–H groups in total. The van der Waals surface area contributed by atoms with Crippen LogP contribution < -0.4 is 16.0 Å². The van der Waals surface area contributed by atoms with E-state index >= 15 is 0 Å². The molecule has 1 aliphatic heterocycles. The van der Waals surface area contributed by atoms with Crippen LogP contribution in [-0.2, 0) is 19.0 Å². The number of guanidine groups is 1. The van der Waals surface area contributed by atoms with E-state index in [9.17, 15) is 4.79 Å². The second-order valence-corrected chi connectivity index (χ2v) is 5.40. The minimum atomic E-state index is -0.133. The van der Waals surface area contributed by atoms with Crippen LogP contribution in [0.15, 0.2) is 4.99 Å². The Labute approximate surface area is 138 Å². The topological polar surface area (TPSA) is 93.2 Å². The molecule has 0 aromatic rings. The number of ether oxygens (including phenoxy) is 3. The normalized spacial score (nSPS) is 19.4. The second-order valence-electron chi connectivity index (χ2n) is 5.40.